The maximum absolute atomic E-state index is 12.9. The highest BCUT2D eigenvalue weighted by Gasteiger charge is 2.29. The summed E-state index contributed by atoms with van der Waals surface area (Å²) in [5.41, 5.74) is 0.870. The van der Waals surface area contributed by atoms with Gasteiger partial charge in [-0.05, 0) is 24.3 Å². The third-order valence-corrected chi connectivity index (χ3v) is 4.23. The number of carbonyl (C=O) groups excluding carboxylic acids is 1. The second-order valence-electron chi connectivity index (χ2n) is 5.84. The molecule has 0 aliphatic carbocycles. The minimum atomic E-state index is -0.743. The average molecular weight is 386 g/mol. The molecule has 9 nitrogen and oxygen atoms in total. The summed E-state index contributed by atoms with van der Waals surface area (Å²) in [4.78, 5) is 27.5. The molecule has 0 bridgehead atoms. The Hall–Kier alpha value is -3.62. The first kappa shape index (κ1) is 19.2. The minimum Gasteiger partial charge on any atom is -0.493 e. The van der Waals surface area contributed by atoms with Crippen LogP contribution in [0.1, 0.15) is 15.9 Å². The van der Waals surface area contributed by atoms with E-state index in [0.717, 1.165) is 0 Å². The normalized spacial score (nSPS) is 15.4. The molecule has 1 unspecified atom stereocenters. The molecule has 0 N–H and O–H groups in total. The number of benzene rings is 2. The van der Waals surface area contributed by atoms with Crippen LogP contribution in [0.25, 0.3) is 0 Å². The third-order valence-electron chi connectivity index (χ3n) is 4.23. The summed E-state index contributed by atoms with van der Waals surface area (Å²) in [6.45, 7) is 0.0712. The number of methoxy groups -OCH3 is 3. The van der Waals surface area contributed by atoms with Gasteiger partial charge in [0.2, 0.25) is 11.6 Å². The number of aliphatic imine (C=N–C) groups is 1. The van der Waals surface area contributed by atoms with Crippen LogP contribution in [0.5, 0.6) is 17.2 Å². The minimum absolute atomic E-state index is 0.0348. The number of Topliss-reactive ketones (excluding diaryl/α,β-unsaturated/α-hetero) is 1. The number of rotatable bonds is 7. The number of nitro groups is 1. The van der Waals surface area contributed by atoms with Gasteiger partial charge in [0.15, 0.2) is 23.3 Å². The molecular formula is C19H18N2O7. The van der Waals surface area contributed by atoms with Gasteiger partial charge in [-0.2, -0.15) is 0 Å². The molecule has 9 heteroatoms. The summed E-state index contributed by atoms with van der Waals surface area (Å²) in [7, 11) is 4.41. The quantitative estimate of drug-likeness (QED) is 0.409. The van der Waals surface area contributed by atoms with E-state index < -0.39 is 11.0 Å². The predicted octanol–water partition coefficient (Wildman–Crippen LogP) is 2.65. The van der Waals surface area contributed by atoms with Gasteiger partial charge >= 0.3 is 0 Å². The van der Waals surface area contributed by atoms with Crippen LogP contribution < -0.4 is 14.2 Å². The largest absolute Gasteiger partial charge is 0.493 e. The SMILES string of the molecule is COc1cc(C(=O)C2COC(c3ccc([N+](=O)[O-])cc3)=N2)cc(OC)c1OC. The average Bonchev–Trinajstić information content (AvgIpc) is 3.22. The molecule has 1 atom stereocenters. The van der Waals surface area contributed by atoms with E-state index in [1.165, 1.54) is 45.6 Å². The lowest BCUT2D eigenvalue weighted by molar-refractivity contribution is -0.384. The highest BCUT2D eigenvalue weighted by Crippen LogP contribution is 2.38. The van der Waals surface area contributed by atoms with Crippen molar-refractivity contribution in [3.8, 4) is 17.2 Å². The number of hydrogen-bond donors (Lipinski definition) is 0. The molecule has 1 heterocycles. The fraction of sp³-hybridized carbons (Fsp3) is 0.263. The van der Waals surface area contributed by atoms with Gasteiger partial charge in [-0.3, -0.25) is 14.9 Å². The molecule has 1 aliphatic rings. The molecule has 146 valence electrons. The molecule has 28 heavy (non-hydrogen) atoms. The highest BCUT2D eigenvalue weighted by molar-refractivity contribution is 6.05. The van der Waals surface area contributed by atoms with Crippen molar-refractivity contribution in [3.63, 3.8) is 0 Å². The summed E-state index contributed by atoms with van der Waals surface area (Å²) in [6.07, 6.45) is 0. The molecule has 0 saturated carbocycles. The van der Waals surface area contributed by atoms with E-state index in [9.17, 15) is 14.9 Å². The topological polar surface area (TPSA) is 109 Å². The second-order valence-corrected chi connectivity index (χ2v) is 5.84. The Bertz CT molecular complexity index is 913. The maximum atomic E-state index is 12.9. The summed E-state index contributed by atoms with van der Waals surface area (Å²) in [5, 5.41) is 10.8. The third kappa shape index (κ3) is 3.59. The van der Waals surface area contributed by atoms with Gasteiger partial charge in [0.1, 0.15) is 6.61 Å². The summed E-state index contributed by atoms with van der Waals surface area (Å²) in [6, 6.07) is 8.15. The number of ether oxygens (including phenoxy) is 4. The van der Waals surface area contributed by atoms with Crippen molar-refractivity contribution in [3.05, 3.63) is 57.6 Å². The van der Waals surface area contributed by atoms with Crippen molar-refractivity contribution in [1.82, 2.24) is 0 Å². The Kier molecular flexibility index (Phi) is 5.44. The Balaban J connectivity index is 1.86. The van der Waals surface area contributed by atoms with Gasteiger partial charge in [-0.15, -0.1) is 0 Å². The molecule has 0 amide bonds. The van der Waals surface area contributed by atoms with E-state index in [1.807, 2.05) is 0 Å². The van der Waals surface area contributed by atoms with Crippen molar-refractivity contribution in [1.29, 1.82) is 0 Å². The van der Waals surface area contributed by atoms with Gasteiger partial charge in [-0.25, -0.2) is 4.99 Å². The van der Waals surface area contributed by atoms with E-state index in [2.05, 4.69) is 4.99 Å². The van der Waals surface area contributed by atoms with Crippen LogP contribution in [0, 0.1) is 10.1 Å². The maximum Gasteiger partial charge on any atom is 0.269 e. The van der Waals surface area contributed by atoms with E-state index in [4.69, 9.17) is 18.9 Å². The standard InChI is InChI=1S/C19H18N2O7/c1-25-15-8-12(9-16(26-2)18(15)27-3)17(22)14-10-28-19(20-14)11-4-6-13(7-5-11)21(23)24/h4-9,14H,10H2,1-3H3. The predicted molar refractivity (Wildman–Crippen MR) is 99.8 cm³/mol. The molecule has 0 radical (unpaired) electrons. The monoisotopic (exact) mass is 386 g/mol. The van der Waals surface area contributed by atoms with Crippen LogP contribution in [-0.2, 0) is 4.74 Å². The summed E-state index contributed by atoms with van der Waals surface area (Å²) >= 11 is 0. The second kappa shape index (κ2) is 7.95. The molecule has 1 aliphatic heterocycles. The van der Waals surface area contributed by atoms with Gasteiger partial charge < -0.3 is 18.9 Å². The molecule has 0 fully saturated rings. The fourth-order valence-electron chi connectivity index (χ4n) is 2.81. The van der Waals surface area contributed by atoms with Crippen LogP contribution in [0.4, 0.5) is 5.69 Å². The van der Waals surface area contributed by atoms with Crippen LogP contribution in [0.15, 0.2) is 41.4 Å². The number of nitrogens with zero attached hydrogens (tertiary/aromatic N) is 2. The van der Waals surface area contributed by atoms with Crippen molar-refractivity contribution >= 4 is 17.4 Å². The van der Waals surface area contributed by atoms with Crippen LogP contribution in [-0.4, -0.2) is 50.6 Å². The van der Waals surface area contributed by atoms with Crippen LogP contribution >= 0.6 is 0 Å². The zero-order chi connectivity index (χ0) is 20.3. The first-order valence-corrected chi connectivity index (χ1v) is 8.28. The van der Waals surface area contributed by atoms with Crippen molar-refractivity contribution < 1.29 is 28.7 Å². The Morgan fingerprint density at radius 3 is 2.21 bits per heavy atom. The number of ketones is 1. The lowest BCUT2D eigenvalue weighted by atomic mass is 10.0. The Labute approximate surface area is 160 Å². The van der Waals surface area contributed by atoms with E-state index in [1.54, 1.807) is 12.1 Å². The van der Waals surface area contributed by atoms with E-state index in [0.29, 0.717) is 28.4 Å². The number of hydrogen-bond acceptors (Lipinski definition) is 8. The first-order valence-electron chi connectivity index (χ1n) is 8.28. The van der Waals surface area contributed by atoms with E-state index >= 15 is 0 Å². The Morgan fingerprint density at radius 1 is 1.11 bits per heavy atom. The number of non-ortho nitro benzene ring substituents is 1. The number of carbonyl (C=O) groups is 1. The summed E-state index contributed by atoms with van der Waals surface area (Å²) < 4.78 is 21.3. The van der Waals surface area contributed by atoms with Gasteiger partial charge in [0.05, 0.1) is 26.3 Å². The highest BCUT2D eigenvalue weighted by atomic mass is 16.6. The van der Waals surface area contributed by atoms with Crippen LogP contribution in [0.3, 0.4) is 0 Å². The first-order chi connectivity index (χ1) is 13.5. The van der Waals surface area contributed by atoms with Gasteiger partial charge in [-0.1, -0.05) is 0 Å². The molecule has 2 aromatic carbocycles. The Morgan fingerprint density at radius 2 is 1.71 bits per heavy atom. The molecule has 3 rings (SSSR count). The molecule has 2 aromatic rings. The van der Waals surface area contributed by atoms with E-state index in [-0.39, 0.29) is 24.0 Å². The van der Waals surface area contributed by atoms with Crippen molar-refractivity contribution in [2.75, 3.05) is 27.9 Å². The van der Waals surface area contributed by atoms with Gasteiger partial charge in [0, 0.05) is 23.3 Å². The lowest BCUT2D eigenvalue weighted by Gasteiger charge is -2.14. The molecule has 0 aromatic heterocycles. The smallest absolute Gasteiger partial charge is 0.269 e. The zero-order valence-electron chi connectivity index (χ0n) is 15.5. The molecule has 0 saturated heterocycles. The summed E-state index contributed by atoms with van der Waals surface area (Å²) in [5.74, 6) is 1.11. The number of nitro benzene ring substituents is 1. The molecule has 0 spiro atoms. The zero-order valence-corrected chi connectivity index (χ0v) is 15.5. The van der Waals surface area contributed by atoms with Crippen molar-refractivity contribution in [2.45, 2.75) is 6.04 Å². The fourth-order valence-corrected chi connectivity index (χ4v) is 2.81. The lowest BCUT2D eigenvalue weighted by Crippen LogP contribution is -2.20. The van der Waals surface area contributed by atoms with Crippen LogP contribution in [0.2, 0.25) is 0 Å². The molecular weight excluding hydrogens is 368 g/mol. The van der Waals surface area contributed by atoms with Gasteiger partial charge in [0.25, 0.3) is 5.69 Å². The van der Waals surface area contributed by atoms with Crippen molar-refractivity contribution in [2.24, 2.45) is 4.99 Å².